The van der Waals surface area contributed by atoms with Crippen LogP contribution in [0.4, 0.5) is 0 Å². The number of aryl methyl sites for hydroxylation is 1. The van der Waals surface area contributed by atoms with E-state index in [0.29, 0.717) is 5.92 Å². The fraction of sp³-hybridized carbons (Fsp3) is 0.769. The lowest BCUT2D eigenvalue weighted by Gasteiger charge is -2.15. The van der Waals surface area contributed by atoms with Crippen LogP contribution in [0, 0.1) is 12.8 Å². The van der Waals surface area contributed by atoms with Crippen LogP contribution in [-0.2, 0) is 0 Å². The Hall–Kier alpha value is -0.410. The van der Waals surface area contributed by atoms with E-state index >= 15 is 0 Å². The van der Waals surface area contributed by atoms with E-state index in [0.717, 1.165) is 24.2 Å². The molecule has 0 saturated heterocycles. The van der Waals surface area contributed by atoms with Gasteiger partial charge < -0.3 is 5.32 Å². The maximum absolute atomic E-state index is 4.55. The number of hydrogen-bond donors (Lipinski definition) is 1. The first-order valence-electron chi connectivity index (χ1n) is 6.30. The average molecular weight is 238 g/mol. The Balaban J connectivity index is 1.77. The largest absolute Gasteiger partial charge is 0.313 e. The van der Waals surface area contributed by atoms with Crippen LogP contribution in [0.1, 0.15) is 49.7 Å². The predicted molar refractivity (Wildman–Crippen MR) is 70.1 cm³/mol. The molecule has 1 aliphatic rings. The Morgan fingerprint density at radius 1 is 1.56 bits per heavy atom. The van der Waals surface area contributed by atoms with Crippen molar-refractivity contribution < 1.29 is 0 Å². The van der Waals surface area contributed by atoms with Crippen molar-refractivity contribution >= 4 is 11.3 Å². The standard InChI is InChI=1S/C13H22N2S/c1-9-4-5-12(6-9)14-7-10(2)13-15-11(3)8-16-13/h8-10,12,14H,4-7H2,1-3H3. The third-order valence-electron chi connectivity index (χ3n) is 3.47. The molecule has 0 spiro atoms. The molecular formula is C13H22N2S. The quantitative estimate of drug-likeness (QED) is 0.870. The lowest BCUT2D eigenvalue weighted by atomic mass is 10.1. The highest BCUT2D eigenvalue weighted by Crippen LogP contribution is 2.25. The minimum Gasteiger partial charge on any atom is -0.313 e. The number of rotatable bonds is 4. The van der Waals surface area contributed by atoms with Crippen LogP contribution in [0.2, 0.25) is 0 Å². The van der Waals surface area contributed by atoms with Crippen LogP contribution in [0.3, 0.4) is 0 Å². The molecule has 3 heteroatoms. The molecule has 3 atom stereocenters. The SMILES string of the molecule is Cc1csc(C(C)CNC2CCC(C)C2)n1. The van der Waals surface area contributed by atoms with Crippen molar-refractivity contribution in [1.29, 1.82) is 0 Å². The van der Waals surface area contributed by atoms with Crippen LogP contribution in [0.25, 0.3) is 0 Å². The van der Waals surface area contributed by atoms with E-state index in [-0.39, 0.29) is 0 Å². The predicted octanol–water partition coefficient (Wildman–Crippen LogP) is 3.33. The van der Waals surface area contributed by atoms with Gasteiger partial charge in [-0.05, 0) is 32.1 Å². The average Bonchev–Trinajstić information content (AvgIpc) is 2.84. The van der Waals surface area contributed by atoms with Crippen LogP contribution in [-0.4, -0.2) is 17.6 Å². The molecule has 1 aromatic heterocycles. The summed E-state index contributed by atoms with van der Waals surface area (Å²) in [5, 5.41) is 7.10. The van der Waals surface area contributed by atoms with Crippen LogP contribution in [0.5, 0.6) is 0 Å². The zero-order chi connectivity index (χ0) is 11.5. The highest BCUT2D eigenvalue weighted by molar-refractivity contribution is 7.09. The normalized spacial score (nSPS) is 27.2. The molecule has 3 unspecified atom stereocenters. The van der Waals surface area contributed by atoms with Gasteiger partial charge >= 0.3 is 0 Å². The van der Waals surface area contributed by atoms with E-state index in [4.69, 9.17) is 0 Å². The number of nitrogens with one attached hydrogen (secondary N) is 1. The van der Waals surface area contributed by atoms with Gasteiger partial charge in [-0.3, -0.25) is 0 Å². The van der Waals surface area contributed by atoms with Crippen LogP contribution < -0.4 is 5.32 Å². The van der Waals surface area contributed by atoms with Crippen molar-refractivity contribution in [3.63, 3.8) is 0 Å². The van der Waals surface area contributed by atoms with Gasteiger partial charge in [-0.1, -0.05) is 13.8 Å². The number of aromatic nitrogens is 1. The van der Waals surface area contributed by atoms with Gasteiger partial charge in [0.05, 0.1) is 5.01 Å². The third kappa shape index (κ3) is 3.05. The fourth-order valence-corrected chi connectivity index (χ4v) is 3.28. The Bertz CT molecular complexity index is 334. The smallest absolute Gasteiger partial charge is 0.0969 e. The van der Waals surface area contributed by atoms with Gasteiger partial charge in [-0.15, -0.1) is 11.3 Å². The van der Waals surface area contributed by atoms with Crippen molar-refractivity contribution in [1.82, 2.24) is 10.3 Å². The highest BCUT2D eigenvalue weighted by Gasteiger charge is 2.21. The summed E-state index contributed by atoms with van der Waals surface area (Å²) in [5.74, 6) is 1.46. The first-order chi connectivity index (χ1) is 7.65. The molecule has 1 fully saturated rings. The minimum atomic E-state index is 0.551. The second kappa shape index (κ2) is 5.28. The monoisotopic (exact) mass is 238 g/mol. The molecule has 0 aromatic carbocycles. The molecule has 1 saturated carbocycles. The molecule has 1 aliphatic carbocycles. The lowest BCUT2D eigenvalue weighted by molar-refractivity contribution is 0.483. The van der Waals surface area contributed by atoms with E-state index in [1.54, 1.807) is 11.3 Å². The lowest BCUT2D eigenvalue weighted by Crippen LogP contribution is -2.30. The molecule has 1 heterocycles. The van der Waals surface area contributed by atoms with Gasteiger partial charge in [-0.2, -0.15) is 0 Å². The Labute approximate surface area is 102 Å². The summed E-state index contributed by atoms with van der Waals surface area (Å²) in [6, 6.07) is 0.749. The minimum absolute atomic E-state index is 0.551. The molecule has 1 N–H and O–H groups in total. The van der Waals surface area contributed by atoms with Gasteiger partial charge in [0.15, 0.2) is 0 Å². The van der Waals surface area contributed by atoms with Gasteiger partial charge in [0.1, 0.15) is 0 Å². The van der Waals surface area contributed by atoms with Gasteiger partial charge in [0.2, 0.25) is 0 Å². The summed E-state index contributed by atoms with van der Waals surface area (Å²) in [7, 11) is 0. The fourth-order valence-electron chi connectivity index (χ4n) is 2.42. The summed E-state index contributed by atoms with van der Waals surface area (Å²) < 4.78 is 0. The van der Waals surface area contributed by atoms with Crippen molar-refractivity contribution in [3.05, 3.63) is 16.1 Å². The molecule has 0 radical (unpaired) electrons. The van der Waals surface area contributed by atoms with Gasteiger partial charge in [-0.25, -0.2) is 4.98 Å². The first kappa shape index (κ1) is 12.1. The van der Waals surface area contributed by atoms with Crippen molar-refractivity contribution in [2.24, 2.45) is 5.92 Å². The summed E-state index contributed by atoms with van der Waals surface area (Å²) in [6.07, 6.45) is 4.09. The first-order valence-corrected chi connectivity index (χ1v) is 7.18. The Morgan fingerprint density at radius 2 is 2.38 bits per heavy atom. The molecule has 0 bridgehead atoms. The third-order valence-corrected chi connectivity index (χ3v) is 4.66. The maximum atomic E-state index is 4.55. The summed E-state index contributed by atoms with van der Waals surface area (Å²) in [6.45, 7) is 7.77. The van der Waals surface area contributed by atoms with Crippen molar-refractivity contribution in [3.8, 4) is 0 Å². The van der Waals surface area contributed by atoms with Gasteiger partial charge in [0, 0.05) is 29.6 Å². The molecule has 90 valence electrons. The Morgan fingerprint density at radius 3 is 2.94 bits per heavy atom. The highest BCUT2D eigenvalue weighted by atomic mass is 32.1. The van der Waals surface area contributed by atoms with E-state index < -0.39 is 0 Å². The molecule has 16 heavy (non-hydrogen) atoms. The molecule has 0 aliphatic heterocycles. The summed E-state index contributed by atoms with van der Waals surface area (Å²) in [5.41, 5.74) is 1.15. The van der Waals surface area contributed by atoms with Gasteiger partial charge in [0.25, 0.3) is 0 Å². The summed E-state index contributed by atoms with van der Waals surface area (Å²) in [4.78, 5) is 4.55. The van der Waals surface area contributed by atoms with Crippen LogP contribution in [0.15, 0.2) is 5.38 Å². The van der Waals surface area contributed by atoms with Crippen LogP contribution >= 0.6 is 11.3 Å². The Kier molecular flexibility index (Phi) is 3.98. The second-order valence-corrected chi connectivity index (χ2v) is 6.14. The molecule has 1 aromatic rings. The van der Waals surface area contributed by atoms with E-state index in [9.17, 15) is 0 Å². The van der Waals surface area contributed by atoms with Crippen molar-refractivity contribution in [2.75, 3.05) is 6.54 Å². The second-order valence-electron chi connectivity index (χ2n) is 5.25. The number of nitrogens with zero attached hydrogens (tertiary/aromatic N) is 1. The zero-order valence-electron chi connectivity index (χ0n) is 10.5. The molecular weight excluding hydrogens is 216 g/mol. The number of hydrogen-bond acceptors (Lipinski definition) is 3. The van der Waals surface area contributed by atoms with E-state index in [1.807, 2.05) is 0 Å². The van der Waals surface area contributed by atoms with E-state index in [2.05, 4.69) is 36.5 Å². The topological polar surface area (TPSA) is 24.9 Å². The molecule has 2 rings (SSSR count). The summed E-state index contributed by atoms with van der Waals surface area (Å²) >= 11 is 1.79. The van der Waals surface area contributed by atoms with Crippen molar-refractivity contribution in [2.45, 2.75) is 52.0 Å². The number of thiazole rings is 1. The maximum Gasteiger partial charge on any atom is 0.0969 e. The molecule has 2 nitrogen and oxygen atoms in total. The van der Waals surface area contributed by atoms with E-state index in [1.165, 1.54) is 24.3 Å². The molecule has 0 amide bonds. The zero-order valence-corrected chi connectivity index (χ0v) is 11.3.